The zero-order chi connectivity index (χ0) is 15.4. The summed E-state index contributed by atoms with van der Waals surface area (Å²) in [6, 6.07) is 10.8. The molecule has 5 nitrogen and oxygen atoms in total. The summed E-state index contributed by atoms with van der Waals surface area (Å²) in [4.78, 5) is 23.1. The SMILES string of the molecule is Nc1c(C(=O)O)cccc1C(=O)C=Cc1ccccc1O. The number of anilines is 1. The molecular formula is C16H13NO4. The first kappa shape index (κ1) is 14.3. The molecule has 0 aliphatic heterocycles. The predicted molar refractivity (Wildman–Crippen MR) is 79.3 cm³/mol. The number of aromatic carboxylic acids is 1. The van der Waals surface area contributed by atoms with E-state index < -0.39 is 11.8 Å². The molecule has 5 heteroatoms. The molecule has 0 heterocycles. The van der Waals surface area contributed by atoms with E-state index in [2.05, 4.69) is 0 Å². The van der Waals surface area contributed by atoms with Crippen molar-refractivity contribution < 1.29 is 19.8 Å². The van der Waals surface area contributed by atoms with E-state index in [4.69, 9.17) is 10.8 Å². The number of nitrogens with two attached hydrogens (primary N) is 1. The number of phenols is 1. The molecule has 0 atom stereocenters. The Labute approximate surface area is 121 Å². The topological polar surface area (TPSA) is 101 Å². The van der Waals surface area contributed by atoms with E-state index in [0.29, 0.717) is 5.56 Å². The fourth-order valence-electron chi connectivity index (χ4n) is 1.85. The summed E-state index contributed by atoms with van der Waals surface area (Å²) in [5.74, 6) is -1.57. The van der Waals surface area contributed by atoms with E-state index >= 15 is 0 Å². The van der Waals surface area contributed by atoms with E-state index in [9.17, 15) is 14.7 Å². The highest BCUT2D eigenvalue weighted by Gasteiger charge is 2.14. The van der Waals surface area contributed by atoms with Crippen LogP contribution in [0.1, 0.15) is 26.3 Å². The number of allylic oxidation sites excluding steroid dienone is 1. The number of phenolic OH excluding ortho intramolecular Hbond substituents is 1. The minimum atomic E-state index is -1.19. The van der Waals surface area contributed by atoms with Gasteiger partial charge < -0.3 is 15.9 Å². The first-order valence-corrected chi connectivity index (χ1v) is 6.13. The molecule has 0 fully saturated rings. The number of hydrogen-bond acceptors (Lipinski definition) is 4. The molecule has 0 radical (unpaired) electrons. The van der Waals surface area contributed by atoms with Crippen LogP contribution in [0, 0.1) is 0 Å². The number of rotatable bonds is 4. The highest BCUT2D eigenvalue weighted by molar-refractivity contribution is 6.12. The van der Waals surface area contributed by atoms with Gasteiger partial charge in [0.1, 0.15) is 5.75 Å². The summed E-state index contributed by atoms with van der Waals surface area (Å²) in [7, 11) is 0. The summed E-state index contributed by atoms with van der Waals surface area (Å²) in [5.41, 5.74) is 6.11. The number of nitrogen functional groups attached to an aromatic ring is 1. The van der Waals surface area contributed by atoms with Crippen LogP contribution in [0.5, 0.6) is 5.75 Å². The standard InChI is InChI=1S/C16H13NO4/c17-15-11(5-3-6-12(15)16(20)21)14(19)9-8-10-4-1-2-7-13(10)18/h1-9,18H,17H2,(H,20,21). The molecule has 0 aromatic heterocycles. The summed E-state index contributed by atoms with van der Waals surface area (Å²) in [6.07, 6.45) is 2.69. The maximum Gasteiger partial charge on any atom is 0.337 e. The Morgan fingerprint density at radius 1 is 1.00 bits per heavy atom. The van der Waals surface area contributed by atoms with Gasteiger partial charge in [-0.05, 0) is 30.4 Å². The molecule has 21 heavy (non-hydrogen) atoms. The highest BCUT2D eigenvalue weighted by atomic mass is 16.4. The van der Waals surface area contributed by atoms with Gasteiger partial charge in [-0.2, -0.15) is 0 Å². The van der Waals surface area contributed by atoms with Crippen molar-refractivity contribution in [2.24, 2.45) is 0 Å². The molecule has 0 saturated heterocycles. The van der Waals surface area contributed by atoms with Crippen molar-refractivity contribution in [1.29, 1.82) is 0 Å². The largest absolute Gasteiger partial charge is 0.507 e. The lowest BCUT2D eigenvalue weighted by atomic mass is 10.0. The Morgan fingerprint density at radius 3 is 2.33 bits per heavy atom. The third kappa shape index (κ3) is 3.09. The van der Waals surface area contributed by atoms with E-state index in [0.717, 1.165) is 0 Å². The number of carbonyl (C=O) groups is 2. The van der Waals surface area contributed by atoms with Crippen LogP contribution in [0.4, 0.5) is 5.69 Å². The Balaban J connectivity index is 2.32. The van der Waals surface area contributed by atoms with Gasteiger partial charge in [-0.25, -0.2) is 4.79 Å². The van der Waals surface area contributed by atoms with Crippen molar-refractivity contribution in [2.75, 3.05) is 5.73 Å². The molecule has 0 bridgehead atoms. The Kier molecular flexibility index (Phi) is 4.04. The number of ketones is 1. The lowest BCUT2D eigenvalue weighted by molar-refractivity contribution is 0.0698. The smallest absolute Gasteiger partial charge is 0.337 e. The number of carbonyl (C=O) groups excluding carboxylic acids is 1. The minimum absolute atomic E-state index is 0.0498. The van der Waals surface area contributed by atoms with Gasteiger partial charge in [0.15, 0.2) is 5.78 Å². The lowest BCUT2D eigenvalue weighted by Crippen LogP contribution is -2.08. The van der Waals surface area contributed by atoms with Crippen LogP contribution in [-0.4, -0.2) is 22.0 Å². The second kappa shape index (κ2) is 5.92. The van der Waals surface area contributed by atoms with Crippen molar-refractivity contribution in [3.8, 4) is 5.75 Å². The van der Waals surface area contributed by atoms with Crippen LogP contribution >= 0.6 is 0 Å². The van der Waals surface area contributed by atoms with Crippen LogP contribution in [0.2, 0.25) is 0 Å². The molecule has 0 saturated carbocycles. The molecule has 2 aromatic carbocycles. The number of aromatic hydroxyl groups is 1. The van der Waals surface area contributed by atoms with Gasteiger partial charge in [-0.1, -0.05) is 24.3 Å². The average molecular weight is 283 g/mol. The van der Waals surface area contributed by atoms with Crippen LogP contribution in [0.25, 0.3) is 6.08 Å². The fraction of sp³-hybridized carbons (Fsp3) is 0. The van der Waals surface area contributed by atoms with Crippen LogP contribution in [0.15, 0.2) is 48.5 Å². The number of para-hydroxylation sites is 2. The summed E-state index contributed by atoms with van der Waals surface area (Å²) in [5, 5.41) is 18.6. The summed E-state index contributed by atoms with van der Waals surface area (Å²) >= 11 is 0. The summed E-state index contributed by atoms with van der Waals surface area (Å²) < 4.78 is 0. The van der Waals surface area contributed by atoms with Gasteiger partial charge in [-0.3, -0.25) is 4.79 Å². The van der Waals surface area contributed by atoms with Gasteiger partial charge in [0.2, 0.25) is 0 Å². The molecule has 0 spiro atoms. The monoisotopic (exact) mass is 283 g/mol. The fourth-order valence-corrected chi connectivity index (χ4v) is 1.85. The third-order valence-electron chi connectivity index (χ3n) is 2.95. The van der Waals surface area contributed by atoms with Gasteiger partial charge in [0.05, 0.1) is 11.3 Å². The Hall–Kier alpha value is -3.08. The molecular weight excluding hydrogens is 270 g/mol. The zero-order valence-corrected chi connectivity index (χ0v) is 11.0. The molecule has 2 aromatic rings. The van der Waals surface area contributed by atoms with Crippen molar-refractivity contribution in [2.45, 2.75) is 0 Å². The third-order valence-corrected chi connectivity index (χ3v) is 2.95. The Morgan fingerprint density at radius 2 is 1.67 bits per heavy atom. The molecule has 4 N–H and O–H groups in total. The van der Waals surface area contributed by atoms with Gasteiger partial charge in [0, 0.05) is 11.1 Å². The molecule has 0 unspecified atom stereocenters. The number of hydrogen-bond donors (Lipinski definition) is 3. The molecule has 2 rings (SSSR count). The first-order chi connectivity index (χ1) is 10.0. The molecule has 0 aliphatic rings. The quantitative estimate of drug-likeness (QED) is 0.455. The Bertz CT molecular complexity index is 735. The van der Waals surface area contributed by atoms with Crippen molar-refractivity contribution in [1.82, 2.24) is 0 Å². The van der Waals surface area contributed by atoms with Crippen LogP contribution < -0.4 is 5.73 Å². The normalized spacial score (nSPS) is 10.7. The first-order valence-electron chi connectivity index (χ1n) is 6.13. The van der Waals surface area contributed by atoms with Crippen LogP contribution in [0.3, 0.4) is 0 Å². The summed E-state index contributed by atoms with van der Waals surface area (Å²) in [6.45, 7) is 0. The molecule has 0 amide bonds. The van der Waals surface area contributed by atoms with Gasteiger partial charge in [-0.15, -0.1) is 0 Å². The number of carboxylic acids is 1. The van der Waals surface area contributed by atoms with E-state index in [1.165, 1.54) is 36.4 Å². The van der Waals surface area contributed by atoms with Crippen molar-refractivity contribution in [3.63, 3.8) is 0 Å². The van der Waals surface area contributed by atoms with E-state index in [1.54, 1.807) is 18.2 Å². The van der Waals surface area contributed by atoms with Gasteiger partial charge in [0.25, 0.3) is 0 Å². The molecule has 106 valence electrons. The van der Waals surface area contributed by atoms with Gasteiger partial charge >= 0.3 is 5.97 Å². The average Bonchev–Trinajstić information content (AvgIpc) is 2.46. The van der Waals surface area contributed by atoms with E-state index in [-0.39, 0.29) is 22.6 Å². The number of benzene rings is 2. The maximum absolute atomic E-state index is 12.1. The van der Waals surface area contributed by atoms with Crippen LogP contribution in [-0.2, 0) is 0 Å². The number of carboxylic acid groups (broad SMARTS) is 1. The second-order valence-electron chi connectivity index (χ2n) is 4.33. The van der Waals surface area contributed by atoms with Crippen molar-refractivity contribution >= 4 is 23.5 Å². The molecule has 0 aliphatic carbocycles. The highest BCUT2D eigenvalue weighted by Crippen LogP contribution is 2.21. The minimum Gasteiger partial charge on any atom is -0.507 e. The zero-order valence-electron chi connectivity index (χ0n) is 11.0. The maximum atomic E-state index is 12.1. The predicted octanol–water partition coefficient (Wildman–Crippen LogP) is 2.57. The lowest BCUT2D eigenvalue weighted by Gasteiger charge is -2.05. The van der Waals surface area contributed by atoms with Crippen molar-refractivity contribution in [3.05, 3.63) is 65.2 Å². The second-order valence-corrected chi connectivity index (χ2v) is 4.33. The van der Waals surface area contributed by atoms with E-state index in [1.807, 2.05) is 0 Å².